The molecule has 2 rings (SSSR count). The number of urea groups is 1. The van der Waals surface area contributed by atoms with Crippen LogP contribution >= 0.6 is 11.6 Å². The first kappa shape index (κ1) is 10.1. The van der Waals surface area contributed by atoms with E-state index in [0.717, 1.165) is 0 Å². The minimum absolute atomic E-state index is 0.109. The maximum absolute atomic E-state index is 11.4. The lowest BCUT2D eigenvalue weighted by atomic mass is 10.3. The Labute approximate surface area is 92.8 Å². The predicted octanol–water partition coefficient (Wildman–Crippen LogP) is 1.88. The molecule has 5 heteroatoms. The first-order chi connectivity index (χ1) is 7.22. The van der Waals surface area contributed by atoms with Gasteiger partial charge in [-0.3, -0.25) is 4.90 Å². The molecule has 15 heavy (non-hydrogen) atoms. The normalized spacial score (nSPS) is 15.3. The van der Waals surface area contributed by atoms with Gasteiger partial charge in [-0.25, -0.2) is 4.79 Å². The molecule has 0 saturated carbocycles. The van der Waals surface area contributed by atoms with Gasteiger partial charge in [0.05, 0.1) is 17.8 Å². The summed E-state index contributed by atoms with van der Waals surface area (Å²) in [7, 11) is 1.58. The summed E-state index contributed by atoms with van der Waals surface area (Å²) in [6.07, 6.45) is 0. The summed E-state index contributed by atoms with van der Waals surface area (Å²) in [6.45, 7) is 1.30. The van der Waals surface area contributed by atoms with Crippen LogP contribution in [-0.2, 0) is 0 Å². The van der Waals surface area contributed by atoms with Crippen LogP contribution in [0, 0.1) is 0 Å². The van der Waals surface area contributed by atoms with Gasteiger partial charge >= 0.3 is 6.03 Å². The van der Waals surface area contributed by atoms with Crippen LogP contribution in [0.3, 0.4) is 0 Å². The minimum atomic E-state index is -0.109. The molecule has 1 fully saturated rings. The van der Waals surface area contributed by atoms with Crippen LogP contribution in [-0.4, -0.2) is 26.2 Å². The lowest BCUT2D eigenvalue weighted by Gasteiger charge is -2.16. The molecule has 0 radical (unpaired) electrons. The highest BCUT2D eigenvalue weighted by Gasteiger charge is 2.23. The maximum Gasteiger partial charge on any atom is 0.322 e. The summed E-state index contributed by atoms with van der Waals surface area (Å²) in [4.78, 5) is 13.0. The number of rotatable bonds is 2. The van der Waals surface area contributed by atoms with Crippen molar-refractivity contribution in [1.82, 2.24) is 5.32 Å². The molecule has 4 nitrogen and oxygen atoms in total. The number of halogens is 1. The second kappa shape index (κ2) is 3.98. The van der Waals surface area contributed by atoms with Gasteiger partial charge in [-0.05, 0) is 12.1 Å². The molecule has 0 aliphatic carbocycles. The topological polar surface area (TPSA) is 41.6 Å². The first-order valence-electron chi connectivity index (χ1n) is 4.61. The Hall–Kier alpha value is -1.42. The molecule has 1 saturated heterocycles. The minimum Gasteiger partial charge on any atom is -0.497 e. The van der Waals surface area contributed by atoms with Gasteiger partial charge in [0.1, 0.15) is 5.75 Å². The van der Waals surface area contributed by atoms with Crippen LogP contribution in [0.4, 0.5) is 10.5 Å². The van der Waals surface area contributed by atoms with Crippen molar-refractivity contribution < 1.29 is 9.53 Å². The van der Waals surface area contributed by atoms with E-state index in [9.17, 15) is 4.79 Å². The summed E-state index contributed by atoms with van der Waals surface area (Å²) in [5.41, 5.74) is 0.715. The summed E-state index contributed by atoms with van der Waals surface area (Å²) in [5.74, 6) is 0.684. The van der Waals surface area contributed by atoms with Crippen molar-refractivity contribution >= 4 is 23.3 Å². The number of carbonyl (C=O) groups is 1. The van der Waals surface area contributed by atoms with E-state index < -0.39 is 0 Å². The van der Waals surface area contributed by atoms with E-state index in [1.165, 1.54) is 0 Å². The van der Waals surface area contributed by atoms with Crippen LogP contribution in [0.25, 0.3) is 0 Å². The lowest BCUT2D eigenvalue weighted by molar-refractivity contribution is 0.252. The fourth-order valence-electron chi connectivity index (χ4n) is 1.53. The Bertz CT molecular complexity index is 395. The van der Waals surface area contributed by atoms with E-state index in [4.69, 9.17) is 16.3 Å². The number of amides is 2. The van der Waals surface area contributed by atoms with E-state index in [1.807, 2.05) is 0 Å². The van der Waals surface area contributed by atoms with Crippen molar-refractivity contribution in [3.63, 3.8) is 0 Å². The highest BCUT2D eigenvalue weighted by atomic mass is 35.5. The van der Waals surface area contributed by atoms with Crippen molar-refractivity contribution in [2.45, 2.75) is 0 Å². The Kier molecular flexibility index (Phi) is 2.68. The predicted molar refractivity (Wildman–Crippen MR) is 58.7 cm³/mol. The highest BCUT2D eigenvalue weighted by Crippen LogP contribution is 2.30. The maximum atomic E-state index is 11.4. The molecule has 0 aromatic heterocycles. The third kappa shape index (κ3) is 1.85. The quantitative estimate of drug-likeness (QED) is 0.837. The molecule has 0 atom stereocenters. The van der Waals surface area contributed by atoms with E-state index in [1.54, 1.807) is 30.2 Å². The van der Waals surface area contributed by atoms with E-state index in [2.05, 4.69) is 5.32 Å². The number of anilines is 1. The average Bonchev–Trinajstić information content (AvgIpc) is 2.64. The van der Waals surface area contributed by atoms with E-state index >= 15 is 0 Å². The zero-order chi connectivity index (χ0) is 10.8. The fourth-order valence-corrected chi connectivity index (χ4v) is 1.81. The third-order valence-electron chi connectivity index (χ3n) is 2.30. The van der Waals surface area contributed by atoms with Gasteiger partial charge in [-0.1, -0.05) is 11.6 Å². The Morgan fingerprint density at radius 3 is 2.87 bits per heavy atom. The standard InChI is InChI=1S/C10H11ClN2O2/c1-15-7-2-3-9(8(11)6-7)13-5-4-12-10(13)14/h2-3,6H,4-5H2,1H3,(H,12,14). The molecule has 2 amide bonds. The number of nitrogens with one attached hydrogen (secondary N) is 1. The van der Waals surface area contributed by atoms with Gasteiger partial charge < -0.3 is 10.1 Å². The number of carbonyl (C=O) groups excluding carboxylic acids is 1. The zero-order valence-corrected chi connectivity index (χ0v) is 9.04. The van der Waals surface area contributed by atoms with Crippen molar-refractivity contribution in [1.29, 1.82) is 0 Å². The molecule has 0 spiro atoms. The van der Waals surface area contributed by atoms with Crippen LogP contribution in [0.2, 0.25) is 5.02 Å². The Morgan fingerprint density at radius 2 is 2.33 bits per heavy atom. The van der Waals surface area contributed by atoms with Gasteiger partial charge in [0.2, 0.25) is 0 Å². The average molecular weight is 227 g/mol. The number of nitrogens with zero attached hydrogens (tertiary/aromatic N) is 1. The largest absolute Gasteiger partial charge is 0.497 e. The zero-order valence-electron chi connectivity index (χ0n) is 8.29. The van der Waals surface area contributed by atoms with Gasteiger partial charge in [0.15, 0.2) is 0 Å². The van der Waals surface area contributed by atoms with Crippen LogP contribution in [0.15, 0.2) is 18.2 Å². The summed E-state index contributed by atoms with van der Waals surface area (Å²) in [6, 6.07) is 5.16. The van der Waals surface area contributed by atoms with Crippen LogP contribution in [0.5, 0.6) is 5.75 Å². The summed E-state index contributed by atoms with van der Waals surface area (Å²) in [5, 5.41) is 3.24. The molecule has 0 bridgehead atoms. The monoisotopic (exact) mass is 226 g/mol. The number of benzene rings is 1. The third-order valence-corrected chi connectivity index (χ3v) is 2.61. The number of hydrogen-bond donors (Lipinski definition) is 1. The van der Waals surface area contributed by atoms with Crippen molar-refractivity contribution in [2.75, 3.05) is 25.1 Å². The SMILES string of the molecule is COc1ccc(N2CCNC2=O)c(Cl)c1. The van der Waals surface area contributed by atoms with Gasteiger partial charge in [0, 0.05) is 19.2 Å². The molecule has 80 valence electrons. The van der Waals surface area contributed by atoms with Crippen molar-refractivity contribution in [3.05, 3.63) is 23.2 Å². The second-order valence-electron chi connectivity index (χ2n) is 3.20. The molecule has 1 aliphatic heterocycles. The number of ether oxygens (including phenoxy) is 1. The smallest absolute Gasteiger partial charge is 0.322 e. The number of methoxy groups -OCH3 is 1. The Balaban J connectivity index is 2.32. The summed E-state index contributed by atoms with van der Waals surface area (Å²) >= 11 is 6.05. The molecule has 1 aromatic rings. The molecular weight excluding hydrogens is 216 g/mol. The van der Waals surface area contributed by atoms with Crippen LogP contribution < -0.4 is 15.0 Å². The van der Waals surface area contributed by atoms with Crippen molar-refractivity contribution in [3.8, 4) is 5.75 Å². The lowest BCUT2D eigenvalue weighted by Crippen LogP contribution is -2.27. The van der Waals surface area contributed by atoms with Crippen molar-refractivity contribution in [2.24, 2.45) is 0 Å². The van der Waals surface area contributed by atoms with E-state index in [0.29, 0.717) is 29.5 Å². The molecule has 0 unspecified atom stereocenters. The van der Waals surface area contributed by atoms with Gasteiger partial charge in [0.25, 0.3) is 0 Å². The highest BCUT2D eigenvalue weighted by molar-refractivity contribution is 6.34. The summed E-state index contributed by atoms with van der Waals surface area (Å²) < 4.78 is 5.04. The molecule has 1 heterocycles. The fraction of sp³-hybridized carbons (Fsp3) is 0.300. The second-order valence-corrected chi connectivity index (χ2v) is 3.61. The molecule has 1 N–H and O–H groups in total. The Morgan fingerprint density at radius 1 is 1.53 bits per heavy atom. The van der Waals surface area contributed by atoms with Crippen LogP contribution in [0.1, 0.15) is 0 Å². The molecular formula is C10H11ClN2O2. The number of hydrogen-bond acceptors (Lipinski definition) is 2. The first-order valence-corrected chi connectivity index (χ1v) is 4.99. The van der Waals surface area contributed by atoms with E-state index in [-0.39, 0.29) is 6.03 Å². The van der Waals surface area contributed by atoms with Gasteiger partial charge in [-0.2, -0.15) is 0 Å². The molecule has 1 aromatic carbocycles. The molecule has 1 aliphatic rings. The van der Waals surface area contributed by atoms with Gasteiger partial charge in [-0.15, -0.1) is 0 Å².